The van der Waals surface area contributed by atoms with Crippen molar-refractivity contribution < 1.29 is 9.47 Å². The second kappa shape index (κ2) is 17.9. The van der Waals surface area contributed by atoms with E-state index in [-0.39, 0.29) is 0 Å². The van der Waals surface area contributed by atoms with Crippen molar-refractivity contribution in [1.29, 1.82) is 0 Å². The number of hydrogen-bond acceptors (Lipinski definition) is 4. The molecule has 0 aliphatic heterocycles. The summed E-state index contributed by atoms with van der Waals surface area (Å²) >= 11 is 0. The third kappa shape index (κ3) is 10.0. The van der Waals surface area contributed by atoms with E-state index < -0.39 is 0 Å². The van der Waals surface area contributed by atoms with Gasteiger partial charge in [-0.2, -0.15) is 0 Å². The zero-order valence-corrected chi connectivity index (χ0v) is 27.4. The Morgan fingerprint density at radius 1 is 0.489 bits per heavy atom. The number of ether oxygens (including phenoxy) is 2. The van der Waals surface area contributed by atoms with Crippen molar-refractivity contribution in [3.63, 3.8) is 0 Å². The maximum atomic E-state index is 6.15. The molecule has 0 bridgehead atoms. The molecule has 4 heteroatoms. The molecular formula is C43H42N2O2. The average molecular weight is 619 g/mol. The molecule has 0 aromatic heterocycles. The minimum Gasteiger partial charge on any atom is -0.489 e. The molecule has 0 N–H and O–H groups in total. The molecule has 0 fully saturated rings. The number of benzene rings is 5. The Balaban J connectivity index is 1.19. The lowest BCUT2D eigenvalue weighted by atomic mass is 9.99. The SMILES string of the molecule is CCCCN=C=C(c1ccccc1)c1ccc(OCc2ccc(Oc3ccc(C(=C=NCCCC)c4ccccc4)cc3)cc2)cc1. The van der Waals surface area contributed by atoms with E-state index in [1.165, 1.54) is 0 Å². The largest absolute Gasteiger partial charge is 0.489 e. The van der Waals surface area contributed by atoms with Gasteiger partial charge < -0.3 is 9.47 Å². The molecule has 0 saturated carbocycles. The molecule has 236 valence electrons. The molecule has 0 unspecified atom stereocenters. The van der Waals surface area contributed by atoms with Gasteiger partial charge in [0.05, 0.1) is 11.1 Å². The van der Waals surface area contributed by atoms with E-state index in [0.29, 0.717) is 6.61 Å². The van der Waals surface area contributed by atoms with Gasteiger partial charge in [0, 0.05) is 13.1 Å². The zero-order chi connectivity index (χ0) is 32.5. The second-order valence-corrected chi connectivity index (χ2v) is 11.3. The molecule has 5 aromatic carbocycles. The summed E-state index contributed by atoms with van der Waals surface area (Å²) in [5.74, 6) is 8.94. The average Bonchev–Trinajstić information content (AvgIpc) is 3.13. The highest BCUT2D eigenvalue weighted by Crippen LogP contribution is 2.27. The highest BCUT2D eigenvalue weighted by atomic mass is 16.5. The van der Waals surface area contributed by atoms with Crippen LogP contribution in [0.3, 0.4) is 0 Å². The maximum Gasteiger partial charge on any atom is 0.127 e. The lowest BCUT2D eigenvalue weighted by Crippen LogP contribution is -1.96. The summed E-state index contributed by atoms with van der Waals surface area (Å²) in [4.78, 5) is 9.10. The highest BCUT2D eigenvalue weighted by Gasteiger charge is 2.08. The fourth-order valence-corrected chi connectivity index (χ4v) is 4.91. The van der Waals surface area contributed by atoms with Crippen molar-refractivity contribution >= 4 is 22.9 Å². The van der Waals surface area contributed by atoms with Crippen LogP contribution in [0.15, 0.2) is 143 Å². The van der Waals surface area contributed by atoms with Crippen LogP contribution in [-0.2, 0) is 6.61 Å². The predicted octanol–water partition coefficient (Wildman–Crippen LogP) is 10.9. The molecule has 5 aromatic rings. The molecule has 0 heterocycles. The van der Waals surface area contributed by atoms with Gasteiger partial charge in [-0.3, -0.25) is 0 Å². The Hall–Kier alpha value is -5.40. The number of nitrogens with zero attached hydrogens (tertiary/aromatic N) is 2. The van der Waals surface area contributed by atoms with Gasteiger partial charge in [-0.05, 0) is 113 Å². The molecule has 0 radical (unpaired) electrons. The summed E-state index contributed by atoms with van der Waals surface area (Å²) in [7, 11) is 0. The van der Waals surface area contributed by atoms with E-state index >= 15 is 0 Å². The molecule has 0 aliphatic rings. The molecule has 0 amide bonds. The molecule has 0 aliphatic carbocycles. The van der Waals surface area contributed by atoms with E-state index in [1.54, 1.807) is 0 Å². The van der Waals surface area contributed by atoms with Crippen LogP contribution in [0.4, 0.5) is 0 Å². The standard InChI is InChI=1S/C43H42N2O2/c1-3-5-29-44-31-42(35-13-9-7-10-14-35)37-19-25-39(26-20-37)46-33-34-17-23-40(24-18-34)47-41-27-21-38(22-28-41)43(32-45-30-6-4-2)36-15-11-8-12-16-36/h7-28H,3-6,29-30,33H2,1-2H3. The van der Waals surface area contributed by atoms with Crippen LogP contribution in [-0.4, -0.2) is 24.8 Å². The van der Waals surface area contributed by atoms with E-state index in [0.717, 1.165) is 95.0 Å². The van der Waals surface area contributed by atoms with Crippen LogP contribution >= 0.6 is 0 Å². The molecular weight excluding hydrogens is 576 g/mol. The Morgan fingerprint density at radius 2 is 0.894 bits per heavy atom. The van der Waals surface area contributed by atoms with Crippen LogP contribution in [0.5, 0.6) is 17.2 Å². The third-order valence-electron chi connectivity index (χ3n) is 7.60. The fraction of sp³-hybridized carbons (Fsp3) is 0.209. The Bertz CT molecular complexity index is 1800. The minimum absolute atomic E-state index is 0.461. The summed E-state index contributed by atoms with van der Waals surface area (Å²) in [6.07, 6.45) is 4.35. The van der Waals surface area contributed by atoms with Gasteiger partial charge in [-0.15, -0.1) is 0 Å². The van der Waals surface area contributed by atoms with Crippen LogP contribution in [0, 0.1) is 0 Å². The van der Waals surface area contributed by atoms with Gasteiger partial charge in [0.2, 0.25) is 0 Å². The van der Waals surface area contributed by atoms with Crippen molar-refractivity contribution in [3.8, 4) is 17.2 Å². The fourth-order valence-electron chi connectivity index (χ4n) is 4.91. The number of hydrogen-bond donors (Lipinski definition) is 0. The van der Waals surface area contributed by atoms with Crippen LogP contribution in [0.1, 0.15) is 67.3 Å². The van der Waals surface area contributed by atoms with Gasteiger partial charge in [-0.1, -0.05) is 99.5 Å². The smallest absolute Gasteiger partial charge is 0.127 e. The number of unbranched alkanes of at least 4 members (excludes halogenated alkanes) is 2. The quantitative estimate of drug-likeness (QED) is 0.0865. The first kappa shape index (κ1) is 33.0. The van der Waals surface area contributed by atoms with Crippen molar-refractivity contribution in [2.45, 2.75) is 46.1 Å². The van der Waals surface area contributed by atoms with Crippen molar-refractivity contribution in [2.75, 3.05) is 13.1 Å². The molecule has 4 nitrogen and oxygen atoms in total. The van der Waals surface area contributed by atoms with Gasteiger partial charge in [0.25, 0.3) is 0 Å². The van der Waals surface area contributed by atoms with E-state index in [4.69, 9.17) is 9.47 Å². The molecule has 0 atom stereocenters. The Kier molecular flexibility index (Phi) is 12.6. The van der Waals surface area contributed by atoms with Gasteiger partial charge >= 0.3 is 0 Å². The monoisotopic (exact) mass is 618 g/mol. The van der Waals surface area contributed by atoms with E-state index in [1.807, 2.05) is 84.9 Å². The molecule has 5 rings (SSSR count). The minimum atomic E-state index is 0.461. The molecule has 0 saturated heterocycles. The summed E-state index contributed by atoms with van der Waals surface area (Å²) in [5.41, 5.74) is 7.34. The Labute approximate surface area is 279 Å². The summed E-state index contributed by atoms with van der Waals surface area (Å²) < 4.78 is 12.3. The highest BCUT2D eigenvalue weighted by molar-refractivity contribution is 5.99. The van der Waals surface area contributed by atoms with E-state index in [2.05, 4.69) is 84.1 Å². The molecule has 47 heavy (non-hydrogen) atoms. The Morgan fingerprint density at radius 3 is 1.34 bits per heavy atom. The lowest BCUT2D eigenvalue weighted by Gasteiger charge is -2.11. The number of rotatable bonds is 15. The second-order valence-electron chi connectivity index (χ2n) is 11.3. The first-order valence-electron chi connectivity index (χ1n) is 16.5. The van der Waals surface area contributed by atoms with Crippen LogP contribution in [0.25, 0.3) is 11.1 Å². The van der Waals surface area contributed by atoms with Gasteiger partial charge in [-0.25, -0.2) is 9.98 Å². The maximum absolute atomic E-state index is 6.15. The normalized spacial score (nSPS) is 10.3. The summed E-state index contributed by atoms with van der Waals surface area (Å²) in [6, 6.07) is 44.8. The van der Waals surface area contributed by atoms with Crippen molar-refractivity contribution in [1.82, 2.24) is 0 Å². The van der Waals surface area contributed by atoms with E-state index in [9.17, 15) is 0 Å². The van der Waals surface area contributed by atoms with Crippen LogP contribution in [0.2, 0.25) is 0 Å². The predicted molar refractivity (Wildman–Crippen MR) is 196 cm³/mol. The lowest BCUT2D eigenvalue weighted by molar-refractivity contribution is 0.306. The summed E-state index contributed by atoms with van der Waals surface area (Å²) in [6.45, 7) is 6.37. The van der Waals surface area contributed by atoms with Gasteiger partial charge in [0.15, 0.2) is 0 Å². The first-order valence-corrected chi connectivity index (χ1v) is 16.5. The van der Waals surface area contributed by atoms with Crippen LogP contribution < -0.4 is 9.47 Å². The first-order chi connectivity index (χ1) is 23.2. The van der Waals surface area contributed by atoms with Gasteiger partial charge in [0.1, 0.15) is 23.9 Å². The molecule has 0 spiro atoms. The van der Waals surface area contributed by atoms with Crippen molar-refractivity contribution in [3.05, 3.63) is 161 Å². The number of aliphatic imine (C=N–C) groups is 2. The third-order valence-corrected chi connectivity index (χ3v) is 7.60. The summed E-state index contributed by atoms with van der Waals surface area (Å²) in [5, 5.41) is 0. The zero-order valence-electron chi connectivity index (χ0n) is 27.4. The van der Waals surface area contributed by atoms with Crippen molar-refractivity contribution in [2.24, 2.45) is 9.98 Å². The topological polar surface area (TPSA) is 43.2 Å².